The van der Waals surface area contributed by atoms with Crippen LogP contribution in [-0.2, 0) is 28.6 Å². The Labute approximate surface area is 155 Å². The number of carbonyl (C=O) groups excluding carboxylic acids is 3. The molecule has 0 atom stereocenters. The van der Waals surface area contributed by atoms with Gasteiger partial charge >= 0.3 is 17.9 Å². The molecule has 6 heteroatoms. The minimum atomic E-state index is -3.10. The molecular formula is C19H34O6. The summed E-state index contributed by atoms with van der Waals surface area (Å²) in [7, 11) is 0. The van der Waals surface area contributed by atoms with Gasteiger partial charge in [0.05, 0.1) is 0 Å². The number of hydrogen-bond acceptors (Lipinski definition) is 6. The molecule has 0 saturated carbocycles. The van der Waals surface area contributed by atoms with Crippen LogP contribution in [0.15, 0.2) is 0 Å². The Morgan fingerprint density at radius 1 is 0.720 bits per heavy atom. The molecule has 0 heterocycles. The van der Waals surface area contributed by atoms with Crippen LogP contribution in [0.5, 0.6) is 0 Å². The molecule has 0 aromatic carbocycles. The van der Waals surface area contributed by atoms with E-state index in [0.717, 1.165) is 0 Å². The zero-order valence-electron chi connectivity index (χ0n) is 19.9. The van der Waals surface area contributed by atoms with Gasteiger partial charge in [0, 0.05) is 10.5 Å². The van der Waals surface area contributed by atoms with E-state index in [-0.39, 0.29) is 0 Å². The second kappa shape index (κ2) is 7.75. The van der Waals surface area contributed by atoms with Gasteiger partial charge < -0.3 is 14.2 Å². The van der Waals surface area contributed by atoms with Gasteiger partial charge in [0.1, 0.15) is 16.8 Å². The molecule has 0 unspecified atom stereocenters. The second-order valence-electron chi connectivity index (χ2n) is 9.00. The first-order valence-corrected chi connectivity index (χ1v) is 8.29. The Kier molecular flexibility index (Phi) is 5.64. The zero-order chi connectivity index (χ0) is 22.8. The lowest BCUT2D eigenvalue weighted by Gasteiger charge is -2.32. The molecular weight excluding hydrogens is 324 g/mol. The molecule has 0 radical (unpaired) electrons. The van der Waals surface area contributed by atoms with Crippen LogP contribution in [0.1, 0.15) is 86.1 Å². The van der Waals surface area contributed by atoms with Crippen LogP contribution in [0.3, 0.4) is 0 Å². The molecule has 0 bridgehead atoms. The summed E-state index contributed by atoms with van der Waals surface area (Å²) in [4.78, 5) is 38.0. The van der Waals surface area contributed by atoms with Crippen LogP contribution in [0.2, 0.25) is 0 Å². The number of hydrogen-bond donors (Lipinski definition) is 0. The molecule has 0 amide bonds. The Bertz CT molecular complexity index is 561. The molecule has 0 fully saturated rings. The van der Waals surface area contributed by atoms with Crippen LogP contribution in [0.25, 0.3) is 0 Å². The van der Waals surface area contributed by atoms with Crippen molar-refractivity contribution in [1.29, 1.82) is 0 Å². The van der Waals surface area contributed by atoms with Crippen LogP contribution in [0, 0.1) is 5.41 Å². The predicted molar refractivity (Wildman–Crippen MR) is 94.9 cm³/mol. The molecule has 0 aromatic rings. The smallest absolute Gasteiger partial charge is 0.323 e. The number of carbonyl (C=O) groups is 3. The minimum absolute atomic E-state index is 0.464. The summed E-state index contributed by atoms with van der Waals surface area (Å²) in [6.07, 6.45) is -1.09. The molecule has 0 spiro atoms. The first-order valence-electron chi connectivity index (χ1n) is 9.79. The van der Waals surface area contributed by atoms with Gasteiger partial charge in [0.15, 0.2) is 5.41 Å². The molecule has 0 aromatic heterocycles. The van der Waals surface area contributed by atoms with Crippen molar-refractivity contribution in [2.75, 3.05) is 0 Å². The number of ether oxygens (including phenoxy) is 3. The fourth-order valence-electron chi connectivity index (χ4n) is 1.70. The monoisotopic (exact) mass is 361 g/mol. The Morgan fingerprint density at radius 2 is 1.08 bits per heavy atom. The van der Waals surface area contributed by atoms with E-state index in [0.29, 0.717) is 0 Å². The maximum atomic E-state index is 12.9. The largest absolute Gasteiger partial charge is 0.460 e. The molecule has 0 saturated heterocycles. The summed E-state index contributed by atoms with van der Waals surface area (Å²) < 4.78 is 39.4. The van der Waals surface area contributed by atoms with Gasteiger partial charge in [0.2, 0.25) is 0 Å². The van der Waals surface area contributed by atoms with E-state index in [1.165, 1.54) is 0 Å². The van der Waals surface area contributed by atoms with Crippen molar-refractivity contribution in [2.24, 2.45) is 5.41 Å². The third-order valence-corrected chi connectivity index (χ3v) is 2.62. The van der Waals surface area contributed by atoms with E-state index in [2.05, 4.69) is 0 Å². The normalized spacial score (nSPS) is 15.5. The summed E-state index contributed by atoms with van der Waals surface area (Å²) in [5, 5.41) is 0. The second-order valence-corrected chi connectivity index (χ2v) is 9.00. The van der Waals surface area contributed by atoms with Gasteiger partial charge in [-0.15, -0.1) is 0 Å². The zero-order valence-corrected chi connectivity index (χ0v) is 16.9. The molecule has 0 rings (SSSR count). The molecule has 0 aliphatic rings. The van der Waals surface area contributed by atoms with Crippen molar-refractivity contribution in [2.45, 2.75) is 98.8 Å². The van der Waals surface area contributed by atoms with Crippen LogP contribution in [0.4, 0.5) is 0 Å². The predicted octanol–water partition coefficient (Wildman–Crippen LogP) is 3.80. The average molecular weight is 361 g/mol. The third-order valence-electron chi connectivity index (χ3n) is 2.62. The van der Waals surface area contributed by atoms with Crippen molar-refractivity contribution >= 4 is 17.9 Å². The fourth-order valence-corrected chi connectivity index (χ4v) is 1.70. The first kappa shape index (κ1) is 18.2. The van der Waals surface area contributed by atoms with Gasteiger partial charge in [0.25, 0.3) is 0 Å². The highest BCUT2D eigenvalue weighted by atomic mass is 16.6. The van der Waals surface area contributed by atoms with Crippen LogP contribution < -0.4 is 0 Å². The molecule has 146 valence electrons. The molecule has 25 heavy (non-hydrogen) atoms. The average Bonchev–Trinajstić information content (AvgIpc) is 2.30. The van der Waals surface area contributed by atoms with Gasteiger partial charge in [-0.3, -0.25) is 14.4 Å². The van der Waals surface area contributed by atoms with Crippen molar-refractivity contribution in [3.8, 4) is 0 Å². The lowest BCUT2D eigenvalue weighted by molar-refractivity contribution is -0.184. The van der Waals surface area contributed by atoms with E-state index in [9.17, 15) is 14.4 Å². The van der Waals surface area contributed by atoms with E-state index in [1.807, 2.05) is 0 Å². The Morgan fingerprint density at radius 3 is 1.36 bits per heavy atom. The highest BCUT2D eigenvalue weighted by Crippen LogP contribution is 2.31. The summed E-state index contributed by atoms with van der Waals surface area (Å²) in [6, 6.07) is 0. The Balaban J connectivity index is 6.10. The molecule has 6 nitrogen and oxygen atoms in total. The third kappa shape index (κ3) is 9.46. The maximum absolute atomic E-state index is 12.9. The van der Waals surface area contributed by atoms with E-state index >= 15 is 0 Å². The van der Waals surface area contributed by atoms with Crippen LogP contribution in [-0.4, -0.2) is 34.7 Å². The van der Waals surface area contributed by atoms with E-state index in [1.54, 1.807) is 62.3 Å². The number of esters is 3. The topological polar surface area (TPSA) is 78.9 Å². The standard InChI is InChI=1S/C19H34O6/c1-16(2,3)23-13(20)11-12-19(10,14(21)24-17(4,5)6)15(22)25-18(7,8)9/h11-12H2,1-10H3/i10D3. The lowest BCUT2D eigenvalue weighted by Crippen LogP contribution is -2.45. The lowest BCUT2D eigenvalue weighted by atomic mass is 9.85. The van der Waals surface area contributed by atoms with Gasteiger partial charge in [-0.25, -0.2) is 0 Å². The van der Waals surface area contributed by atoms with E-state index in [4.69, 9.17) is 18.3 Å². The van der Waals surface area contributed by atoms with Crippen LogP contribution >= 0.6 is 0 Å². The SMILES string of the molecule is [2H]C([2H])([2H])C(CCC(=O)OC(C)(C)C)(C(=O)OC(C)(C)C)C(=O)OC(C)(C)C. The fraction of sp³-hybridized carbons (Fsp3) is 0.842. The van der Waals surface area contributed by atoms with Gasteiger partial charge in [-0.2, -0.15) is 0 Å². The van der Waals surface area contributed by atoms with Crippen molar-refractivity contribution in [3.63, 3.8) is 0 Å². The first-order chi connectivity index (χ1) is 12.1. The number of rotatable bonds is 5. The summed E-state index contributed by atoms with van der Waals surface area (Å²) in [5.41, 5.74) is -5.52. The van der Waals surface area contributed by atoms with Gasteiger partial charge in [-0.05, 0) is 75.6 Å². The maximum Gasteiger partial charge on any atom is 0.323 e. The molecule has 0 aliphatic carbocycles. The molecule has 0 N–H and O–H groups in total. The van der Waals surface area contributed by atoms with Crippen molar-refractivity contribution < 1.29 is 32.7 Å². The minimum Gasteiger partial charge on any atom is -0.460 e. The molecule has 0 aliphatic heterocycles. The van der Waals surface area contributed by atoms with Gasteiger partial charge in [-0.1, -0.05) is 0 Å². The summed E-state index contributed by atoms with van der Waals surface area (Å²) >= 11 is 0. The highest BCUT2D eigenvalue weighted by molar-refractivity contribution is 6.00. The summed E-state index contributed by atoms with van der Waals surface area (Å²) in [6.45, 7) is 11.2. The highest BCUT2D eigenvalue weighted by Gasteiger charge is 2.47. The Hall–Kier alpha value is -1.59. The van der Waals surface area contributed by atoms with Crippen molar-refractivity contribution in [3.05, 3.63) is 0 Å². The quantitative estimate of drug-likeness (QED) is 0.421. The van der Waals surface area contributed by atoms with Crippen molar-refractivity contribution in [1.82, 2.24) is 0 Å². The van der Waals surface area contributed by atoms with E-state index < -0.39 is 59.8 Å². The summed E-state index contributed by atoms with van der Waals surface area (Å²) in [5.74, 6) is -3.23.